The molecule has 1 N–H and O–H groups in total. The minimum absolute atomic E-state index is 0.391. The molecular formula is C17H27NO. The number of hydrogen-bond donors (Lipinski definition) is 1. The van der Waals surface area contributed by atoms with Gasteiger partial charge in [0.1, 0.15) is 5.78 Å². The normalized spacial score (nSPS) is 17.2. The summed E-state index contributed by atoms with van der Waals surface area (Å²) in [6, 6.07) is 0. The molecule has 106 valence electrons. The number of Topliss-reactive ketones (excluding diaryl/α,β-unsaturated/α-hetero) is 1. The molecule has 0 unspecified atom stereocenters. The first kappa shape index (κ1) is 15.9. The number of ketones is 1. The summed E-state index contributed by atoms with van der Waals surface area (Å²) in [6.45, 7) is 12.0. The highest BCUT2D eigenvalue weighted by atomic mass is 16.1. The van der Waals surface area contributed by atoms with E-state index in [9.17, 15) is 4.79 Å². The van der Waals surface area contributed by atoms with E-state index in [1.165, 1.54) is 5.57 Å². The molecule has 0 aromatic rings. The zero-order valence-corrected chi connectivity index (χ0v) is 12.2. The fraction of sp³-hybridized carbons (Fsp3) is 0.588. The third kappa shape index (κ3) is 6.02. The number of carbonyl (C=O) groups is 1. The average molecular weight is 261 g/mol. The number of rotatable bonds is 8. The zero-order valence-electron chi connectivity index (χ0n) is 12.2. The Hall–Kier alpha value is -1.15. The van der Waals surface area contributed by atoms with Crippen molar-refractivity contribution in [2.45, 2.75) is 45.4 Å². The number of allylic oxidation sites excluding steroid dienone is 4. The van der Waals surface area contributed by atoms with Gasteiger partial charge in [-0.25, -0.2) is 0 Å². The first-order valence-corrected chi connectivity index (χ1v) is 7.39. The molecular weight excluding hydrogens is 234 g/mol. The summed E-state index contributed by atoms with van der Waals surface area (Å²) < 4.78 is 0. The van der Waals surface area contributed by atoms with Gasteiger partial charge in [-0.1, -0.05) is 37.8 Å². The molecule has 1 heterocycles. The average Bonchev–Trinajstić information content (AvgIpc) is 2.43. The first-order chi connectivity index (χ1) is 9.17. The van der Waals surface area contributed by atoms with E-state index < -0.39 is 0 Å². The van der Waals surface area contributed by atoms with Crippen LogP contribution in [0, 0.1) is 5.92 Å². The maximum Gasteiger partial charge on any atom is 0.133 e. The second-order valence-corrected chi connectivity index (χ2v) is 5.32. The van der Waals surface area contributed by atoms with Crippen LogP contribution in [-0.4, -0.2) is 18.9 Å². The lowest BCUT2D eigenvalue weighted by atomic mass is 9.90. The van der Waals surface area contributed by atoms with E-state index in [2.05, 4.69) is 25.4 Å². The molecule has 19 heavy (non-hydrogen) atoms. The minimum Gasteiger partial charge on any atom is -0.317 e. The Morgan fingerprint density at radius 3 is 2.58 bits per heavy atom. The molecule has 0 atom stereocenters. The zero-order chi connectivity index (χ0) is 14.1. The van der Waals surface area contributed by atoms with Gasteiger partial charge < -0.3 is 5.32 Å². The van der Waals surface area contributed by atoms with Gasteiger partial charge in [0.25, 0.3) is 0 Å². The summed E-state index contributed by atoms with van der Waals surface area (Å²) in [5, 5.41) is 3.33. The molecule has 1 saturated heterocycles. The van der Waals surface area contributed by atoms with Crippen molar-refractivity contribution >= 4 is 5.78 Å². The Morgan fingerprint density at radius 2 is 2.00 bits per heavy atom. The van der Waals surface area contributed by atoms with Crippen LogP contribution in [0.5, 0.6) is 0 Å². The van der Waals surface area contributed by atoms with Crippen LogP contribution in [0.25, 0.3) is 0 Å². The van der Waals surface area contributed by atoms with Gasteiger partial charge in [0, 0.05) is 12.8 Å². The van der Waals surface area contributed by atoms with Crippen LogP contribution in [0.4, 0.5) is 0 Å². The van der Waals surface area contributed by atoms with Crippen molar-refractivity contribution in [2.24, 2.45) is 5.92 Å². The molecule has 0 saturated carbocycles. The predicted octanol–water partition coefficient (Wildman–Crippen LogP) is 3.80. The molecule has 0 amide bonds. The smallest absolute Gasteiger partial charge is 0.133 e. The highest BCUT2D eigenvalue weighted by molar-refractivity contribution is 5.79. The molecule has 1 fully saturated rings. The summed E-state index contributed by atoms with van der Waals surface area (Å²) in [4.78, 5) is 12.0. The van der Waals surface area contributed by atoms with E-state index >= 15 is 0 Å². The molecule has 1 rings (SSSR count). The van der Waals surface area contributed by atoms with E-state index in [-0.39, 0.29) is 0 Å². The number of carbonyl (C=O) groups excluding carboxylic acids is 1. The Labute approximate surface area is 117 Å². The second kappa shape index (κ2) is 8.87. The van der Waals surface area contributed by atoms with Gasteiger partial charge in [0.15, 0.2) is 0 Å². The van der Waals surface area contributed by atoms with Crippen molar-refractivity contribution in [1.82, 2.24) is 5.32 Å². The fourth-order valence-electron chi connectivity index (χ4n) is 2.59. The molecule has 0 aliphatic carbocycles. The summed E-state index contributed by atoms with van der Waals surface area (Å²) in [7, 11) is 0. The number of hydrogen-bond acceptors (Lipinski definition) is 2. The molecule has 0 aromatic heterocycles. The number of piperidine rings is 1. The SMILES string of the molecule is C=C/C=C(/CC)C(=C)CCC(=O)CC1CCNCC1. The van der Waals surface area contributed by atoms with Crippen LogP contribution in [0.15, 0.2) is 36.5 Å². The van der Waals surface area contributed by atoms with Gasteiger partial charge in [-0.05, 0) is 50.3 Å². The number of nitrogens with one attached hydrogen (secondary N) is 1. The molecule has 1 aliphatic heterocycles. The lowest BCUT2D eigenvalue weighted by molar-refractivity contribution is -0.120. The highest BCUT2D eigenvalue weighted by Gasteiger charge is 2.16. The fourth-order valence-corrected chi connectivity index (χ4v) is 2.59. The quantitative estimate of drug-likeness (QED) is 0.673. The lowest BCUT2D eigenvalue weighted by Crippen LogP contribution is -2.28. The Balaban J connectivity index is 2.30. The van der Waals surface area contributed by atoms with Gasteiger partial charge in [0.05, 0.1) is 0 Å². The van der Waals surface area contributed by atoms with E-state index in [0.29, 0.717) is 18.1 Å². The predicted molar refractivity (Wildman–Crippen MR) is 82.2 cm³/mol. The maximum atomic E-state index is 12.0. The second-order valence-electron chi connectivity index (χ2n) is 5.32. The van der Waals surface area contributed by atoms with Gasteiger partial charge in [-0.15, -0.1) is 0 Å². The van der Waals surface area contributed by atoms with E-state index in [4.69, 9.17) is 0 Å². The van der Waals surface area contributed by atoms with Crippen LogP contribution in [0.1, 0.15) is 45.4 Å². The third-order valence-corrected chi connectivity index (χ3v) is 3.83. The summed E-state index contributed by atoms with van der Waals surface area (Å²) in [5.41, 5.74) is 2.30. The van der Waals surface area contributed by atoms with Crippen LogP contribution in [0.2, 0.25) is 0 Å². The van der Waals surface area contributed by atoms with Gasteiger partial charge in [-0.2, -0.15) is 0 Å². The van der Waals surface area contributed by atoms with Crippen LogP contribution < -0.4 is 5.32 Å². The minimum atomic E-state index is 0.391. The van der Waals surface area contributed by atoms with Gasteiger partial charge in [0.2, 0.25) is 0 Å². The van der Waals surface area contributed by atoms with E-state index in [0.717, 1.165) is 50.8 Å². The van der Waals surface area contributed by atoms with Crippen molar-refractivity contribution < 1.29 is 4.79 Å². The van der Waals surface area contributed by atoms with Crippen molar-refractivity contribution in [2.75, 3.05) is 13.1 Å². The van der Waals surface area contributed by atoms with E-state index in [1.54, 1.807) is 6.08 Å². The molecule has 1 aliphatic rings. The molecule has 2 heteroatoms. The standard InChI is InChI=1S/C17H27NO/c1-4-6-16(5-2)14(3)7-8-17(19)13-15-9-11-18-12-10-15/h4,6,15,18H,1,3,5,7-13H2,2H3/b16-6-. The Bertz CT molecular complexity index is 348. The van der Waals surface area contributed by atoms with Crippen molar-refractivity contribution in [3.05, 3.63) is 36.5 Å². The molecule has 2 nitrogen and oxygen atoms in total. The Kier molecular flexibility index (Phi) is 7.42. The monoisotopic (exact) mass is 261 g/mol. The molecule has 0 radical (unpaired) electrons. The Morgan fingerprint density at radius 1 is 1.32 bits per heavy atom. The van der Waals surface area contributed by atoms with E-state index in [1.807, 2.05) is 6.08 Å². The van der Waals surface area contributed by atoms with Crippen molar-refractivity contribution in [1.29, 1.82) is 0 Å². The van der Waals surface area contributed by atoms with Crippen LogP contribution in [0.3, 0.4) is 0 Å². The lowest BCUT2D eigenvalue weighted by Gasteiger charge is -2.21. The largest absolute Gasteiger partial charge is 0.317 e. The van der Waals surface area contributed by atoms with Crippen molar-refractivity contribution in [3.8, 4) is 0 Å². The van der Waals surface area contributed by atoms with Crippen LogP contribution >= 0.6 is 0 Å². The maximum absolute atomic E-state index is 12.0. The van der Waals surface area contributed by atoms with Crippen LogP contribution in [-0.2, 0) is 4.79 Å². The summed E-state index contributed by atoms with van der Waals surface area (Å²) >= 11 is 0. The first-order valence-electron chi connectivity index (χ1n) is 7.39. The van der Waals surface area contributed by atoms with Gasteiger partial charge >= 0.3 is 0 Å². The molecule has 0 aromatic carbocycles. The third-order valence-electron chi connectivity index (χ3n) is 3.83. The highest BCUT2D eigenvalue weighted by Crippen LogP contribution is 2.21. The topological polar surface area (TPSA) is 29.1 Å². The molecule has 0 bridgehead atoms. The summed E-state index contributed by atoms with van der Waals surface area (Å²) in [5.74, 6) is 0.985. The van der Waals surface area contributed by atoms with Crippen molar-refractivity contribution in [3.63, 3.8) is 0 Å². The summed E-state index contributed by atoms with van der Waals surface area (Å²) in [6.07, 6.45) is 9.20. The van der Waals surface area contributed by atoms with Gasteiger partial charge in [-0.3, -0.25) is 4.79 Å². The molecule has 0 spiro atoms.